The molecule has 0 heterocycles. The number of rotatable bonds is 8. The highest BCUT2D eigenvalue weighted by Crippen LogP contribution is 2.09. The molecule has 0 atom stereocenters. The van der Waals surface area contributed by atoms with E-state index in [2.05, 4.69) is 10.6 Å². The highest BCUT2D eigenvalue weighted by Gasteiger charge is 2.03. The first-order valence-electron chi connectivity index (χ1n) is 6.31. The number of nitrogens with one attached hydrogen (secondary N) is 2. The summed E-state index contributed by atoms with van der Waals surface area (Å²) in [6.07, 6.45) is 0.961. The molecule has 0 radical (unpaired) electrons. The molecule has 2 N–H and O–H groups in total. The minimum Gasteiger partial charge on any atom is -0.380 e. The van der Waals surface area contributed by atoms with Crippen LogP contribution in [0.15, 0.2) is 24.3 Å². The van der Waals surface area contributed by atoms with Crippen LogP contribution in [0.1, 0.15) is 24.5 Å². The quantitative estimate of drug-likeness (QED) is 0.734. The summed E-state index contributed by atoms with van der Waals surface area (Å²) in [4.78, 5) is 11.4. The van der Waals surface area contributed by atoms with Crippen LogP contribution in [0.5, 0.6) is 0 Å². The average Bonchev–Trinajstić information content (AvgIpc) is 2.38. The van der Waals surface area contributed by atoms with Crippen LogP contribution in [0.4, 0.5) is 0 Å². The molecule has 1 rings (SSSR count). The SMILES string of the molecule is CCCNC(=O)CNCc1ccccc1COC. The Hall–Kier alpha value is -1.39. The van der Waals surface area contributed by atoms with E-state index >= 15 is 0 Å². The number of hydrogen-bond acceptors (Lipinski definition) is 3. The van der Waals surface area contributed by atoms with E-state index in [1.165, 1.54) is 5.56 Å². The molecule has 4 heteroatoms. The second-order valence-corrected chi connectivity index (χ2v) is 4.16. The fourth-order valence-corrected chi connectivity index (χ4v) is 1.66. The third-order valence-electron chi connectivity index (χ3n) is 2.59. The van der Waals surface area contributed by atoms with Gasteiger partial charge in [0.05, 0.1) is 13.2 Å². The summed E-state index contributed by atoms with van der Waals surface area (Å²) >= 11 is 0. The van der Waals surface area contributed by atoms with Gasteiger partial charge in [0.2, 0.25) is 5.91 Å². The zero-order valence-corrected chi connectivity index (χ0v) is 11.2. The smallest absolute Gasteiger partial charge is 0.233 e. The van der Waals surface area contributed by atoms with Crippen molar-refractivity contribution in [3.8, 4) is 0 Å². The number of benzene rings is 1. The minimum atomic E-state index is 0.0427. The fraction of sp³-hybridized carbons (Fsp3) is 0.500. The van der Waals surface area contributed by atoms with Gasteiger partial charge >= 0.3 is 0 Å². The van der Waals surface area contributed by atoms with E-state index in [0.29, 0.717) is 19.7 Å². The fourth-order valence-electron chi connectivity index (χ4n) is 1.66. The van der Waals surface area contributed by atoms with Gasteiger partial charge in [-0.1, -0.05) is 31.2 Å². The van der Waals surface area contributed by atoms with E-state index in [9.17, 15) is 4.79 Å². The van der Waals surface area contributed by atoms with Gasteiger partial charge in [0, 0.05) is 20.2 Å². The van der Waals surface area contributed by atoms with Crippen LogP contribution >= 0.6 is 0 Å². The van der Waals surface area contributed by atoms with Crippen LogP contribution in [0, 0.1) is 0 Å². The molecule has 0 spiro atoms. The zero-order chi connectivity index (χ0) is 13.2. The molecule has 18 heavy (non-hydrogen) atoms. The van der Waals surface area contributed by atoms with Crippen molar-refractivity contribution >= 4 is 5.91 Å². The van der Waals surface area contributed by atoms with Gasteiger partial charge in [-0.2, -0.15) is 0 Å². The van der Waals surface area contributed by atoms with Crippen molar-refractivity contribution < 1.29 is 9.53 Å². The van der Waals surface area contributed by atoms with Crippen molar-refractivity contribution in [3.05, 3.63) is 35.4 Å². The Labute approximate surface area is 109 Å². The van der Waals surface area contributed by atoms with Crippen molar-refractivity contribution in [2.45, 2.75) is 26.5 Å². The first-order valence-corrected chi connectivity index (χ1v) is 6.31. The van der Waals surface area contributed by atoms with Gasteiger partial charge in [-0.25, -0.2) is 0 Å². The first kappa shape index (κ1) is 14.7. The Morgan fingerprint density at radius 2 is 2.00 bits per heavy atom. The lowest BCUT2D eigenvalue weighted by Gasteiger charge is -2.10. The average molecular weight is 250 g/mol. The number of carbonyl (C=O) groups is 1. The van der Waals surface area contributed by atoms with Gasteiger partial charge in [0.1, 0.15) is 0 Å². The molecule has 1 aromatic carbocycles. The van der Waals surface area contributed by atoms with E-state index in [4.69, 9.17) is 4.74 Å². The van der Waals surface area contributed by atoms with Crippen molar-refractivity contribution in [2.75, 3.05) is 20.2 Å². The molecule has 1 aromatic rings. The van der Waals surface area contributed by atoms with Crippen molar-refractivity contribution in [2.24, 2.45) is 0 Å². The second kappa shape index (κ2) is 8.66. The Morgan fingerprint density at radius 3 is 2.67 bits per heavy atom. The summed E-state index contributed by atoms with van der Waals surface area (Å²) in [5.41, 5.74) is 2.32. The van der Waals surface area contributed by atoms with Gasteiger partial charge in [0.25, 0.3) is 0 Å². The number of methoxy groups -OCH3 is 1. The molecule has 1 amide bonds. The predicted octanol–water partition coefficient (Wildman–Crippen LogP) is 1.45. The molecule has 0 unspecified atom stereocenters. The lowest BCUT2D eigenvalue weighted by atomic mass is 10.1. The van der Waals surface area contributed by atoms with Gasteiger partial charge in [-0.3, -0.25) is 4.79 Å². The zero-order valence-electron chi connectivity index (χ0n) is 11.2. The largest absolute Gasteiger partial charge is 0.380 e. The molecule has 0 aliphatic heterocycles. The molecule has 0 aromatic heterocycles. The number of hydrogen-bond donors (Lipinski definition) is 2. The molecule has 0 saturated heterocycles. The molecule has 0 saturated carbocycles. The molecule has 0 aliphatic carbocycles. The maximum atomic E-state index is 11.4. The highest BCUT2D eigenvalue weighted by molar-refractivity contribution is 5.77. The summed E-state index contributed by atoms with van der Waals surface area (Å²) in [5, 5.41) is 5.97. The maximum absolute atomic E-state index is 11.4. The molecule has 4 nitrogen and oxygen atoms in total. The third-order valence-corrected chi connectivity index (χ3v) is 2.59. The lowest BCUT2D eigenvalue weighted by molar-refractivity contribution is -0.120. The Morgan fingerprint density at radius 1 is 1.28 bits per heavy atom. The van der Waals surface area contributed by atoms with Crippen LogP contribution in [0.3, 0.4) is 0 Å². The van der Waals surface area contributed by atoms with E-state index in [1.54, 1.807) is 7.11 Å². The van der Waals surface area contributed by atoms with Gasteiger partial charge < -0.3 is 15.4 Å². The lowest BCUT2D eigenvalue weighted by Crippen LogP contribution is -2.34. The Bertz CT molecular complexity index is 367. The first-order chi connectivity index (χ1) is 8.77. The van der Waals surface area contributed by atoms with E-state index in [-0.39, 0.29) is 5.91 Å². The molecule has 0 fully saturated rings. The molecule has 0 aliphatic rings. The van der Waals surface area contributed by atoms with Crippen LogP contribution in [-0.4, -0.2) is 26.1 Å². The maximum Gasteiger partial charge on any atom is 0.233 e. The van der Waals surface area contributed by atoms with E-state index < -0.39 is 0 Å². The second-order valence-electron chi connectivity index (χ2n) is 4.16. The monoisotopic (exact) mass is 250 g/mol. The minimum absolute atomic E-state index is 0.0427. The topological polar surface area (TPSA) is 50.4 Å². The summed E-state index contributed by atoms with van der Waals surface area (Å²) in [6, 6.07) is 8.07. The van der Waals surface area contributed by atoms with Gasteiger partial charge in [-0.05, 0) is 17.5 Å². The summed E-state index contributed by atoms with van der Waals surface area (Å²) in [5.74, 6) is 0.0427. The molecule has 0 bridgehead atoms. The summed E-state index contributed by atoms with van der Waals surface area (Å²) < 4.78 is 5.14. The van der Waals surface area contributed by atoms with Crippen molar-refractivity contribution in [1.82, 2.24) is 10.6 Å². The standard InChI is InChI=1S/C14H22N2O2/c1-3-8-16-14(17)10-15-9-12-6-4-5-7-13(12)11-18-2/h4-7,15H,3,8-11H2,1-2H3,(H,16,17). The number of amides is 1. The van der Waals surface area contributed by atoms with Gasteiger partial charge in [-0.15, -0.1) is 0 Å². The normalized spacial score (nSPS) is 10.3. The van der Waals surface area contributed by atoms with Crippen molar-refractivity contribution in [3.63, 3.8) is 0 Å². The van der Waals surface area contributed by atoms with E-state index in [0.717, 1.165) is 18.5 Å². The van der Waals surface area contributed by atoms with Gasteiger partial charge in [0.15, 0.2) is 0 Å². The summed E-state index contributed by atoms with van der Waals surface area (Å²) in [6.45, 7) is 4.40. The Balaban J connectivity index is 2.36. The van der Waals surface area contributed by atoms with Crippen LogP contribution in [0.2, 0.25) is 0 Å². The summed E-state index contributed by atoms with van der Waals surface area (Å²) in [7, 11) is 1.68. The predicted molar refractivity (Wildman–Crippen MR) is 72.2 cm³/mol. The van der Waals surface area contributed by atoms with Crippen LogP contribution in [-0.2, 0) is 22.7 Å². The van der Waals surface area contributed by atoms with Crippen LogP contribution in [0.25, 0.3) is 0 Å². The third kappa shape index (κ3) is 5.29. The number of ether oxygens (including phenoxy) is 1. The molecule has 100 valence electrons. The Kier molecular flexibility index (Phi) is 7.06. The van der Waals surface area contributed by atoms with Crippen LogP contribution < -0.4 is 10.6 Å². The van der Waals surface area contributed by atoms with Crippen molar-refractivity contribution in [1.29, 1.82) is 0 Å². The number of carbonyl (C=O) groups excluding carboxylic acids is 1. The molecular weight excluding hydrogens is 228 g/mol. The van der Waals surface area contributed by atoms with E-state index in [1.807, 2.05) is 31.2 Å². The highest BCUT2D eigenvalue weighted by atomic mass is 16.5. The molecular formula is C14H22N2O2.